The summed E-state index contributed by atoms with van der Waals surface area (Å²) >= 11 is 0. The van der Waals surface area contributed by atoms with Gasteiger partial charge in [0.05, 0.1) is 5.69 Å². The van der Waals surface area contributed by atoms with Crippen LogP contribution in [-0.2, 0) is 6.42 Å². The number of unbranched alkanes of at least 4 members (excludes halogenated alkanes) is 3. The van der Waals surface area contributed by atoms with Gasteiger partial charge < -0.3 is 10.5 Å². The van der Waals surface area contributed by atoms with Crippen LogP contribution in [0, 0.1) is 0 Å². The van der Waals surface area contributed by atoms with Gasteiger partial charge in [-0.25, -0.2) is 14.8 Å². The maximum Gasteiger partial charge on any atom is 0.411 e. The molecule has 0 aliphatic heterocycles. The largest absolute Gasteiger partial charge is 0.411 e. The van der Waals surface area contributed by atoms with Gasteiger partial charge in [-0.15, -0.1) is 0 Å². The number of imidazole rings is 1. The summed E-state index contributed by atoms with van der Waals surface area (Å²) in [5, 5.41) is 6.52. The first-order valence-electron chi connectivity index (χ1n) is 12.5. The van der Waals surface area contributed by atoms with Crippen LogP contribution in [0.25, 0.3) is 27.3 Å². The number of primary amides is 1. The fourth-order valence-electron chi connectivity index (χ4n) is 4.04. The van der Waals surface area contributed by atoms with Crippen molar-refractivity contribution in [2.45, 2.75) is 32.1 Å². The first kappa shape index (κ1) is 26.9. The summed E-state index contributed by atoms with van der Waals surface area (Å²) in [6, 6.07) is 20.1. The maximum absolute atomic E-state index is 13.3. The normalized spacial score (nSPS) is 10.5. The number of para-hydroxylation sites is 1. The smallest absolute Gasteiger partial charge is 0.391 e. The van der Waals surface area contributed by atoms with Gasteiger partial charge in [0.1, 0.15) is 0 Å². The molecule has 3 N–H and O–H groups in total. The van der Waals surface area contributed by atoms with Crippen molar-refractivity contribution in [3.63, 3.8) is 0 Å². The molecule has 39 heavy (non-hydrogen) atoms. The van der Waals surface area contributed by atoms with Gasteiger partial charge in [-0.2, -0.15) is 0 Å². The summed E-state index contributed by atoms with van der Waals surface area (Å²) in [6.45, 7) is 0.516. The fraction of sp³-hybridized carbons (Fsp3) is 0.214. The van der Waals surface area contributed by atoms with Crippen LogP contribution < -0.4 is 15.8 Å². The topological polar surface area (TPSA) is 161 Å². The van der Waals surface area contributed by atoms with E-state index >= 15 is 0 Å². The predicted molar refractivity (Wildman–Crippen MR) is 148 cm³/mol. The minimum Gasteiger partial charge on any atom is -0.391 e. The Morgan fingerprint density at radius 3 is 2.56 bits per heavy atom. The number of benzene rings is 2. The van der Waals surface area contributed by atoms with Crippen LogP contribution in [0.15, 0.2) is 84.2 Å². The van der Waals surface area contributed by atoms with E-state index in [0.717, 1.165) is 54.6 Å². The van der Waals surface area contributed by atoms with Gasteiger partial charge in [0.25, 0.3) is 5.91 Å². The van der Waals surface area contributed by atoms with E-state index < -0.39 is 6.09 Å². The average Bonchev–Trinajstić information content (AvgIpc) is 3.35. The zero-order valence-corrected chi connectivity index (χ0v) is 21.2. The lowest BCUT2D eigenvalue weighted by molar-refractivity contribution is 0.102. The quantitative estimate of drug-likeness (QED) is 0.0995. The van der Waals surface area contributed by atoms with E-state index in [2.05, 4.69) is 20.3 Å². The van der Waals surface area contributed by atoms with Crippen LogP contribution in [0.5, 0.6) is 5.88 Å². The van der Waals surface area contributed by atoms with Crippen LogP contribution in [0.3, 0.4) is 0 Å². The SMILES string of the molecule is [N-]=[N+]=NCCCCCCc1cn(-c2ccccc2)c(NC(=O)c2cccc(-c3ccc(OC(N)=O)nc3)c2)n1. The average molecular weight is 525 g/mol. The Bertz CT molecular complexity index is 1460. The maximum atomic E-state index is 13.3. The Balaban J connectivity index is 1.48. The number of nitrogens with zero attached hydrogens (tertiary/aromatic N) is 6. The summed E-state index contributed by atoms with van der Waals surface area (Å²) in [5.41, 5.74) is 17.1. The van der Waals surface area contributed by atoms with Crippen molar-refractivity contribution in [1.82, 2.24) is 14.5 Å². The molecular weight excluding hydrogens is 496 g/mol. The summed E-state index contributed by atoms with van der Waals surface area (Å²) in [6.07, 6.45) is 7.10. The Morgan fingerprint density at radius 1 is 1.00 bits per heavy atom. The first-order chi connectivity index (χ1) is 19.0. The third-order valence-corrected chi connectivity index (χ3v) is 5.92. The van der Waals surface area contributed by atoms with Crippen LogP contribution in [0.4, 0.5) is 10.7 Å². The van der Waals surface area contributed by atoms with Gasteiger partial charge >= 0.3 is 6.09 Å². The summed E-state index contributed by atoms with van der Waals surface area (Å²) in [5.74, 6) is 0.229. The molecule has 2 heterocycles. The van der Waals surface area contributed by atoms with Crippen molar-refractivity contribution < 1.29 is 14.3 Å². The van der Waals surface area contributed by atoms with E-state index in [9.17, 15) is 9.59 Å². The molecule has 11 nitrogen and oxygen atoms in total. The van der Waals surface area contributed by atoms with E-state index in [4.69, 9.17) is 21.0 Å². The van der Waals surface area contributed by atoms with Gasteiger partial charge in [-0.3, -0.25) is 14.7 Å². The second-order valence-electron chi connectivity index (χ2n) is 8.72. The molecule has 0 atom stereocenters. The van der Waals surface area contributed by atoms with E-state index in [1.54, 1.807) is 30.5 Å². The van der Waals surface area contributed by atoms with Crippen molar-refractivity contribution >= 4 is 17.9 Å². The van der Waals surface area contributed by atoms with Gasteiger partial charge in [0, 0.05) is 46.7 Å². The van der Waals surface area contributed by atoms with E-state index in [-0.39, 0.29) is 11.8 Å². The second kappa shape index (κ2) is 13.4. The highest BCUT2D eigenvalue weighted by Gasteiger charge is 2.15. The highest BCUT2D eigenvalue weighted by Crippen LogP contribution is 2.23. The number of carbonyl (C=O) groups is 2. The highest BCUT2D eigenvalue weighted by atomic mass is 16.6. The highest BCUT2D eigenvalue weighted by molar-refractivity contribution is 6.04. The number of nitrogens with one attached hydrogen (secondary N) is 1. The van der Waals surface area contributed by atoms with Crippen LogP contribution in [0.1, 0.15) is 41.7 Å². The number of pyridine rings is 1. The van der Waals surface area contributed by atoms with E-state index in [1.165, 1.54) is 6.07 Å². The molecule has 4 aromatic rings. The number of nitrogens with two attached hydrogens (primary N) is 1. The van der Waals surface area contributed by atoms with Crippen LogP contribution in [-0.4, -0.2) is 33.1 Å². The number of azide groups is 1. The monoisotopic (exact) mass is 524 g/mol. The minimum absolute atomic E-state index is 0.0943. The summed E-state index contributed by atoms with van der Waals surface area (Å²) in [4.78, 5) is 35.8. The molecule has 0 unspecified atom stereocenters. The number of ether oxygens (including phenoxy) is 1. The predicted octanol–water partition coefficient (Wildman–Crippen LogP) is 6.06. The summed E-state index contributed by atoms with van der Waals surface area (Å²) in [7, 11) is 0. The number of aromatic nitrogens is 3. The van der Waals surface area contributed by atoms with Gasteiger partial charge in [0.2, 0.25) is 11.8 Å². The number of hydrogen-bond donors (Lipinski definition) is 2. The molecule has 0 bridgehead atoms. The van der Waals surface area contributed by atoms with E-state index in [0.29, 0.717) is 18.1 Å². The van der Waals surface area contributed by atoms with Crippen molar-refractivity contribution in [3.05, 3.63) is 101 Å². The molecule has 0 aliphatic carbocycles. The van der Waals surface area contributed by atoms with Gasteiger partial charge in [-0.05, 0) is 60.7 Å². The molecule has 0 saturated heterocycles. The Labute approximate surface area is 225 Å². The number of aryl methyl sites for hydroxylation is 1. The molecule has 2 aromatic heterocycles. The fourth-order valence-corrected chi connectivity index (χ4v) is 4.04. The Morgan fingerprint density at radius 2 is 1.82 bits per heavy atom. The zero-order valence-electron chi connectivity index (χ0n) is 21.2. The van der Waals surface area contributed by atoms with Crippen molar-refractivity contribution in [1.29, 1.82) is 0 Å². The summed E-state index contributed by atoms with van der Waals surface area (Å²) < 4.78 is 6.65. The molecule has 11 heteroatoms. The Kier molecular flexibility index (Phi) is 9.25. The standard InChI is InChI=1S/C28H28N8O3/c29-27(38)39-25-15-14-22(18-31-25)20-9-8-10-21(17-20)26(37)34-28-33-23(11-4-1-2-7-16-32-35-30)19-36(28)24-12-5-3-6-13-24/h3,5-6,8-10,12-15,17-19H,1-2,4,7,11,16H2,(H2,29,38)(H,33,34,37). The third kappa shape index (κ3) is 7.67. The molecule has 2 amide bonds. The minimum atomic E-state index is -0.937. The Hall–Kier alpha value is -5.15. The molecular formula is C28H28N8O3. The van der Waals surface area contributed by atoms with Crippen LogP contribution in [0.2, 0.25) is 0 Å². The lowest BCUT2D eigenvalue weighted by atomic mass is 10.0. The first-order valence-corrected chi connectivity index (χ1v) is 12.5. The van der Waals surface area contributed by atoms with Crippen molar-refractivity contribution in [3.8, 4) is 22.7 Å². The molecule has 4 rings (SSSR count). The van der Waals surface area contributed by atoms with Crippen LogP contribution >= 0.6 is 0 Å². The van der Waals surface area contributed by atoms with E-state index in [1.807, 2.05) is 47.2 Å². The molecule has 0 spiro atoms. The number of carbonyl (C=O) groups excluding carboxylic acids is 2. The number of hydrogen-bond acceptors (Lipinski definition) is 6. The number of anilines is 1. The lowest BCUT2D eigenvalue weighted by Gasteiger charge is -2.10. The molecule has 2 aromatic carbocycles. The number of rotatable bonds is 12. The zero-order chi connectivity index (χ0) is 27.5. The second-order valence-corrected chi connectivity index (χ2v) is 8.72. The molecule has 0 aliphatic rings. The van der Waals surface area contributed by atoms with Crippen molar-refractivity contribution in [2.24, 2.45) is 10.8 Å². The third-order valence-electron chi connectivity index (χ3n) is 5.92. The molecule has 0 saturated carbocycles. The molecule has 0 radical (unpaired) electrons. The van der Waals surface area contributed by atoms with Gasteiger partial charge in [0.15, 0.2) is 0 Å². The molecule has 198 valence electrons. The molecule has 0 fully saturated rings. The number of amides is 2. The lowest BCUT2D eigenvalue weighted by Crippen LogP contribution is -2.16. The van der Waals surface area contributed by atoms with Crippen molar-refractivity contribution in [2.75, 3.05) is 11.9 Å². The van der Waals surface area contributed by atoms with Gasteiger partial charge in [-0.1, -0.05) is 48.3 Å².